The van der Waals surface area contributed by atoms with Crippen LogP contribution in [0.25, 0.3) is 0 Å². The highest BCUT2D eigenvalue weighted by Gasteiger charge is 2.15. The molecule has 0 fully saturated rings. The van der Waals surface area contributed by atoms with Crippen molar-refractivity contribution in [1.82, 2.24) is 4.98 Å². The van der Waals surface area contributed by atoms with Gasteiger partial charge >= 0.3 is 0 Å². The van der Waals surface area contributed by atoms with Crippen LogP contribution in [0.3, 0.4) is 0 Å². The first-order valence-electron chi connectivity index (χ1n) is 9.55. The van der Waals surface area contributed by atoms with Crippen molar-refractivity contribution >= 4 is 52.3 Å². The molecule has 0 saturated carbocycles. The van der Waals surface area contributed by atoms with Gasteiger partial charge < -0.3 is 14.8 Å². The average molecular weight is 491 g/mol. The minimum Gasteiger partial charge on any atom is -0.490 e. The van der Waals surface area contributed by atoms with Gasteiger partial charge in [-0.1, -0.05) is 23.2 Å². The van der Waals surface area contributed by atoms with Gasteiger partial charge in [0, 0.05) is 16.8 Å². The van der Waals surface area contributed by atoms with Crippen molar-refractivity contribution in [2.75, 3.05) is 24.8 Å². The van der Waals surface area contributed by atoms with Gasteiger partial charge in [0.1, 0.15) is 24.0 Å². The summed E-state index contributed by atoms with van der Waals surface area (Å²) < 4.78 is 11.4. The van der Waals surface area contributed by atoms with Crippen molar-refractivity contribution in [3.05, 3.63) is 75.9 Å². The lowest BCUT2D eigenvalue weighted by Crippen LogP contribution is -2.15. The van der Waals surface area contributed by atoms with E-state index in [9.17, 15) is 9.59 Å². The van der Waals surface area contributed by atoms with Crippen LogP contribution < -0.4 is 14.8 Å². The number of carbonyl (C=O) groups is 2. The van der Waals surface area contributed by atoms with Crippen LogP contribution in [-0.4, -0.2) is 36.1 Å². The number of ketones is 1. The standard InChI is InChI=1S/C23H20Cl2N2O4S/c1-14(28)18-13-16(30-10-11-31-21-4-3-9-26-23(21)32-2)6-8-20(18)27-22(29)17-7-5-15(24)12-19(17)25/h3-9,12-13H,10-11H2,1-2H3,(H,27,29). The van der Waals surface area contributed by atoms with Crippen molar-refractivity contribution in [1.29, 1.82) is 0 Å². The monoisotopic (exact) mass is 490 g/mol. The molecule has 0 radical (unpaired) electrons. The number of pyridine rings is 1. The van der Waals surface area contributed by atoms with Crippen molar-refractivity contribution in [2.24, 2.45) is 0 Å². The molecule has 3 aromatic rings. The summed E-state index contributed by atoms with van der Waals surface area (Å²) in [4.78, 5) is 29.0. The zero-order valence-electron chi connectivity index (χ0n) is 17.4. The van der Waals surface area contributed by atoms with E-state index < -0.39 is 5.91 Å². The largest absolute Gasteiger partial charge is 0.490 e. The Morgan fingerprint density at radius 3 is 2.53 bits per heavy atom. The van der Waals surface area contributed by atoms with Gasteiger partial charge in [-0.25, -0.2) is 4.98 Å². The number of anilines is 1. The lowest BCUT2D eigenvalue weighted by Gasteiger charge is -2.13. The SMILES string of the molecule is CSc1ncccc1OCCOc1ccc(NC(=O)c2ccc(Cl)cc2Cl)c(C(C)=O)c1. The number of nitrogens with zero attached hydrogens (tertiary/aromatic N) is 1. The summed E-state index contributed by atoms with van der Waals surface area (Å²) >= 11 is 13.5. The molecule has 1 N–H and O–H groups in total. The van der Waals surface area contributed by atoms with E-state index in [1.54, 1.807) is 36.5 Å². The Labute approximate surface area is 200 Å². The van der Waals surface area contributed by atoms with E-state index in [4.69, 9.17) is 32.7 Å². The van der Waals surface area contributed by atoms with Crippen molar-refractivity contribution < 1.29 is 19.1 Å². The first kappa shape index (κ1) is 23.9. The van der Waals surface area contributed by atoms with Gasteiger partial charge in [-0.3, -0.25) is 9.59 Å². The number of rotatable bonds is 9. The molecule has 1 heterocycles. The number of thioether (sulfide) groups is 1. The number of carbonyl (C=O) groups excluding carboxylic acids is 2. The van der Waals surface area contributed by atoms with Crippen molar-refractivity contribution in [3.8, 4) is 11.5 Å². The van der Waals surface area contributed by atoms with E-state index in [0.29, 0.717) is 34.4 Å². The lowest BCUT2D eigenvalue weighted by atomic mass is 10.1. The molecule has 3 rings (SSSR count). The van der Waals surface area contributed by atoms with E-state index in [2.05, 4.69) is 10.3 Å². The topological polar surface area (TPSA) is 77.5 Å². The second-order valence-corrected chi connectivity index (χ2v) is 8.19. The average Bonchev–Trinajstić information content (AvgIpc) is 2.77. The fraction of sp³-hybridized carbons (Fsp3) is 0.174. The van der Waals surface area contributed by atoms with Crippen LogP contribution in [0.5, 0.6) is 11.5 Å². The van der Waals surface area contributed by atoms with Crippen LogP contribution in [0.15, 0.2) is 59.8 Å². The molecule has 0 spiro atoms. The van der Waals surface area contributed by atoms with E-state index in [1.165, 1.54) is 30.8 Å². The molecular weight excluding hydrogens is 471 g/mol. The highest BCUT2D eigenvalue weighted by Crippen LogP contribution is 2.27. The second kappa shape index (κ2) is 11.2. The molecule has 1 amide bonds. The number of nitrogens with one attached hydrogen (secondary N) is 1. The molecule has 1 aromatic heterocycles. The lowest BCUT2D eigenvalue weighted by molar-refractivity contribution is 0.101. The zero-order valence-corrected chi connectivity index (χ0v) is 19.7. The fourth-order valence-corrected chi connectivity index (χ4v) is 3.82. The first-order chi connectivity index (χ1) is 15.4. The van der Waals surface area contributed by atoms with E-state index in [1.807, 2.05) is 12.3 Å². The minimum absolute atomic E-state index is 0.218. The molecule has 32 heavy (non-hydrogen) atoms. The summed E-state index contributed by atoms with van der Waals surface area (Å²) in [6.07, 6.45) is 3.63. The molecule has 0 bridgehead atoms. The van der Waals surface area contributed by atoms with Crippen LogP contribution >= 0.6 is 35.0 Å². The van der Waals surface area contributed by atoms with Gasteiger partial charge in [0.05, 0.1) is 16.3 Å². The quantitative estimate of drug-likeness (QED) is 0.224. The Morgan fingerprint density at radius 2 is 1.81 bits per heavy atom. The van der Waals surface area contributed by atoms with Crippen molar-refractivity contribution in [3.63, 3.8) is 0 Å². The number of Topliss-reactive ketones (excluding diaryl/α,β-unsaturated/α-hetero) is 1. The predicted molar refractivity (Wildman–Crippen MR) is 128 cm³/mol. The predicted octanol–water partition coefficient (Wildman–Crippen LogP) is 6.02. The molecule has 166 valence electrons. The Kier molecular flexibility index (Phi) is 8.39. The Hall–Kier alpha value is -2.74. The summed E-state index contributed by atoms with van der Waals surface area (Å²) in [5.41, 5.74) is 0.930. The van der Waals surface area contributed by atoms with Gasteiger partial charge in [-0.15, -0.1) is 11.8 Å². The minimum atomic E-state index is -0.447. The molecule has 6 nitrogen and oxygen atoms in total. The number of halogens is 2. The highest BCUT2D eigenvalue weighted by atomic mass is 35.5. The van der Waals surface area contributed by atoms with Crippen molar-refractivity contribution in [2.45, 2.75) is 11.9 Å². The van der Waals surface area contributed by atoms with Gasteiger partial charge in [-0.05, 0) is 61.7 Å². The smallest absolute Gasteiger partial charge is 0.257 e. The van der Waals surface area contributed by atoms with Gasteiger partial charge in [0.2, 0.25) is 0 Å². The zero-order chi connectivity index (χ0) is 23.1. The normalized spacial score (nSPS) is 10.5. The van der Waals surface area contributed by atoms with E-state index >= 15 is 0 Å². The molecule has 0 aliphatic rings. The Balaban J connectivity index is 1.65. The number of hydrogen-bond donors (Lipinski definition) is 1. The molecular formula is C23H20Cl2N2O4S. The third-order valence-corrected chi connectivity index (χ3v) is 5.57. The maximum absolute atomic E-state index is 12.6. The Morgan fingerprint density at radius 1 is 1.03 bits per heavy atom. The maximum atomic E-state index is 12.6. The second-order valence-electron chi connectivity index (χ2n) is 6.55. The third kappa shape index (κ3) is 6.16. The summed E-state index contributed by atoms with van der Waals surface area (Å²) in [6, 6.07) is 13.1. The molecule has 9 heteroatoms. The molecule has 0 aliphatic heterocycles. The number of amides is 1. The maximum Gasteiger partial charge on any atom is 0.257 e. The molecule has 0 aliphatic carbocycles. The molecule has 0 atom stereocenters. The van der Waals surface area contributed by atoms with Crippen LogP contribution in [-0.2, 0) is 0 Å². The molecule has 0 saturated heterocycles. The first-order valence-corrected chi connectivity index (χ1v) is 11.5. The fourth-order valence-electron chi connectivity index (χ4n) is 2.83. The molecule has 0 unspecified atom stereocenters. The van der Waals surface area contributed by atoms with Crippen LogP contribution in [0.4, 0.5) is 5.69 Å². The number of benzene rings is 2. The Bertz CT molecular complexity index is 1140. The van der Waals surface area contributed by atoms with Gasteiger partial charge in [0.25, 0.3) is 5.91 Å². The summed E-state index contributed by atoms with van der Waals surface area (Å²) in [6.45, 7) is 1.99. The van der Waals surface area contributed by atoms with E-state index in [-0.39, 0.29) is 23.0 Å². The number of aromatic nitrogens is 1. The van der Waals surface area contributed by atoms with Gasteiger partial charge in [-0.2, -0.15) is 0 Å². The van der Waals surface area contributed by atoms with E-state index in [0.717, 1.165) is 5.03 Å². The summed E-state index contributed by atoms with van der Waals surface area (Å²) in [5.74, 6) is 0.506. The number of ether oxygens (including phenoxy) is 2. The highest BCUT2D eigenvalue weighted by molar-refractivity contribution is 7.98. The van der Waals surface area contributed by atoms with Gasteiger partial charge in [0.15, 0.2) is 11.5 Å². The van der Waals surface area contributed by atoms with Crippen LogP contribution in [0.2, 0.25) is 10.0 Å². The van der Waals surface area contributed by atoms with Crippen LogP contribution in [0.1, 0.15) is 27.6 Å². The number of hydrogen-bond acceptors (Lipinski definition) is 6. The molecule has 2 aromatic carbocycles. The summed E-state index contributed by atoms with van der Waals surface area (Å²) in [5, 5.41) is 4.16. The summed E-state index contributed by atoms with van der Waals surface area (Å²) in [7, 11) is 0. The van der Waals surface area contributed by atoms with Crippen LogP contribution in [0, 0.1) is 0 Å². The third-order valence-electron chi connectivity index (χ3n) is 4.33.